The Kier molecular flexibility index (Phi) is 6.24. The highest BCUT2D eigenvalue weighted by Gasteiger charge is 2.34. The highest BCUT2D eigenvalue weighted by atomic mass is 19.3. The van der Waals surface area contributed by atoms with Crippen molar-refractivity contribution < 1.29 is 27.9 Å². The molecule has 0 radical (unpaired) electrons. The molecule has 1 amide bonds. The summed E-state index contributed by atoms with van der Waals surface area (Å²) in [5.74, 6) is 0.768. The highest BCUT2D eigenvalue weighted by Crippen LogP contribution is 2.18. The molecule has 2 N–H and O–H groups in total. The molecule has 0 bridgehead atoms. The number of halogens is 2. The quantitative estimate of drug-likeness (QED) is 0.706. The summed E-state index contributed by atoms with van der Waals surface area (Å²) in [5, 5.41) is 2.82. The molecule has 2 aromatic rings. The number of nitrogens with one attached hydrogen (secondary N) is 2. The second kappa shape index (κ2) is 8.81. The number of quaternary nitrogens is 1. The third-order valence-electron chi connectivity index (χ3n) is 4.50. The fraction of sp³-hybridized carbons (Fsp3) is 0.350. The van der Waals surface area contributed by atoms with Gasteiger partial charge in [0, 0.05) is 24.1 Å². The maximum atomic E-state index is 12.4. The molecule has 144 valence electrons. The lowest BCUT2D eigenvalue weighted by atomic mass is 10.2. The zero-order chi connectivity index (χ0) is 19.2. The van der Waals surface area contributed by atoms with Gasteiger partial charge < -0.3 is 19.7 Å². The van der Waals surface area contributed by atoms with E-state index in [-0.39, 0.29) is 11.7 Å². The Labute approximate surface area is 156 Å². The number of anilines is 1. The van der Waals surface area contributed by atoms with E-state index in [9.17, 15) is 13.6 Å². The Bertz CT molecular complexity index is 747. The number of amides is 1. The molecular formula is C20H23F2N2O3+. The first-order chi connectivity index (χ1) is 13.0. The summed E-state index contributed by atoms with van der Waals surface area (Å²) in [6.45, 7) is -1.74. The number of rotatable bonds is 9. The van der Waals surface area contributed by atoms with Crippen molar-refractivity contribution in [2.75, 3.05) is 19.0 Å². The van der Waals surface area contributed by atoms with Crippen molar-refractivity contribution in [2.24, 2.45) is 0 Å². The van der Waals surface area contributed by atoms with Crippen LogP contribution in [0.15, 0.2) is 48.5 Å². The molecule has 0 saturated heterocycles. The smallest absolute Gasteiger partial charge is 0.387 e. The van der Waals surface area contributed by atoms with Crippen molar-refractivity contribution in [3.63, 3.8) is 0 Å². The molecule has 7 heteroatoms. The number of hydrogen-bond acceptors (Lipinski definition) is 3. The first kappa shape index (κ1) is 19.1. The second-order valence-electron chi connectivity index (χ2n) is 6.59. The second-order valence-corrected chi connectivity index (χ2v) is 6.59. The molecule has 1 unspecified atom stereocenters. The van der Waals surface area contributed by atoms with E-state index < -0.39 is 6.61 Å². The number of hydrogen-bond donors (Lipinski definition) is 2. The van der Waals surface area contributed by atoms with Gasteiger partial charge in [-0.2, -0.15) is 8.78 Å². The van der Waals surface area contributed by atoms with E-state index in [1.54, 1.807) is 19.2 Å². The molecule has 1 fully saturated rings. The molecule has 1 atom stereocenters. The van der Waals surface area contributed by atoms with E-state index in [1.165, 1.54) is 17.0 Å². The number of benzene rings is 2. The van der Waals surface area contributed by atoms with Crippen LogP contribution in [0, 0.1) is 0 Å². The fourth-order valence-corrected chi connectivity index (χ4v) is 2.98. The normalized spacial score (nSPS) is 14.7. The largest absolute Gasteiger partial charge is 0.497 e. The third kappa shape index (κ3) is 5.92. The van der Waals surface area contributed by atoms with E-state index in [0.717, 1.165) is 30.7 Å². The molecule has 0 spiro atoms. The predicted octanol–water partition coefficient (Wildman–Crippen LogP) is 2.48. The minimum Gasteiger partial charge on any atom is -0.497 e. The van der Waals surface area contributed by atoms with Crippen molar-refractivity contribution in [1.82, 2.24) is 0 Å². The minimum atomic E-state index is -2.86. The van der Waals surface area contributed by atoms with E-state index in [4.69, 9.17) is 4.74 Å². The van der Waals surface area contributed by atoms with E-state index in [1.807, 2.05) is 24.3 Å². The zero-order valence-corrected chi connectivity index (χ0v) is 15.1. The molecular weight excluding hydrogens is 354 g/mol. The lowest BCUT2D eigenvalue weighted by Crippen LogP contribution is -3.13. The van der Waals surface area contributed by atoms with Gasteiger partial charge in [0.05, 0.1) is 13.2 Å². The van der Waals surface area contributed by atoms with Crippen molar-refractivity contribution in [3.8, 4) is 11.5 Å². The number of carbonyl (C=O) groups is 1. The molecule has 27 heavy (non-hydrogen) atoms. The summed E-state index contributed by atoms with van der Waals surface area (Å²) in [4.78, 5) is 13.6. The molecule has 0 aliphatic heterocycles. The van der Waals surface area contributed by atoms with Crippen LogP contribution in [0.25, 0.3) is 0 Å². The first-order valence-corrected chi connectivity index (χ1v) is 8.85. The lowest BCUT2D eigenvalue weighted by molar-refractivity contribution is -0.916. The molecule has 1 saturated carbocycles. The molecule has 0 aromatic heterocycles. The van der Waals surface area contributed by atoms with Gasteiger partial charge in [0.25, 0.3) is 5.91 Å². The Morgan fingerprint density at radius 2 is 1.74 bits per heavy atom. The van der Waals surface area contributed by atoms with Gasteiger partial charge in [-0.1, -0.05) is 0 Å². The van der Waals surface area contributed by atoms with Crippen LogP contribution >= 0.6 is 0 Å². The SMILES string of the molecule is COc1ccc(C[NH+](CC(=O)Nc2ccc(OC(F)F)cc2)C2CC2)cc1. The first-order valence-electron chi connectivity index (χ1n) is 8.85. The van der Waals surface area contributed by atoms with Crippen LogP contribution in [0.4, 0.5) is 14.5 Å². The molecule has 1 aliphatic rings. The summed E-state index contributed by atoms with van der Waals surface area (Å²) in [5.41, 5.74) is 1.71. The van der Waals surface area contributed by atoms with Crippen LogP contribution in [0.5, 0.6) is 11.5 Å². The van der Waals surface area contributed by atoms with Crippen LogP contribution in [-0.2, 0) is 11.3 Å². The lowest BCUT2D eigenvalue weighted by Gasteiger charge is -2.19. The third-order valence-corrected chi connectivity index (χ3v) is 4.50. The Balaban J connectivity index is 1.55. The molecule has 1 aliphatic carbocycles. The van der Waals surface area contributed by atoms with Crippen LogP contribution in [0.1, 0.15) is 18.4 Å². The number of methoxy groups -OCH3 is 1. The van der Waals surface area contributed by atoms with Gasteiger partial charge in [-0.15, -0.1) is 0 Å². The van der Waals surface area contributed by atoms with E-state index in [2.05, 4.69) is 10.1 Å². The minimum absolute atomic E-state index is 0.0627. The van der Waals surface area contributed by atoms with Crippen LogP contribution in [-0.4, -0.2) is 32.2 Å². The van der Waals surface area contributed by atoms with Crippen LogP contribution in [0.2, 0.25) is 0 Å². The number of alkyl halides is 2. The summed E-state index contributed by atoms with van der Waals surface area (Å²) in [6.07, 6.45) is 2.25. The van der Waals surface area contributed by atoms with E-state index >= 15 is 0 Å². The fourth-order valence-electron chi connectivity index (χ4n) is 2.98. The topological polar surface area (TPSA) is 52.0 Å². The summed E-state index contributed by atoms with van der Waals surface area (Å²) >= 11 is 0. The molecule has 5 nitrogen and oxygen atoms in total. The van der Waals surface area contributed by atoms with Gasteiger partial charge in [0.2, 0.25) is 0 Å². The van der Waals surface area contributed by atoms with Gasteiger partial charge in [0.1, 0.15) is 18.0 Å². The summed E-state index contributed by atoms with van der Waals surface area (Å²) < 4.78 is 33.8. The number of ether oxygens (including phenoxy) is 2. The maximum absolute atomic E-state index is 12.4. The van der Waals surface area contributed by atoms with Crippen LogP contribution < -0.4 is 19.7 Å². The van der Waals surface area contributed by atoms with Gasteiger partial charge >= 0.3 is 6.61 Å². The monoisotopic (exact) mass is 377 g/mol. The van der Waals surface area contributed by atoms with Gasteiger partial charge in [-0.3, -0.25) is 4.79 Å². The predicted molar refractivity (Wildman–Crippen MR) is 97.3 cm³/mol. The molecule has 2 aromatic carbocycles. The van der Waals surface area contributed by atoms with Gasteiger partial charge in [-0.25, -0.2) is 0 Å². The average Bonchev–Trinajstić information content (AvgIpc) is 3.48. The Morgan fingerprint density at radius 3 is 2.30 bits per heavy atom. The van der Waals surface area contributed by atoms with E-state index in [0.29, 0.717) is 18.3 Å². The number of carbonyl (C=O) groups excluding carboxylic acids is 1. The molecule has 3 rings (SSSR count). The van der Waals surface area contributed by atoms with Crippen LogP contribution in [0.3, 0.4) is 0 Å². The summed E-state index contributed by atoms with van der Waals surface area (Å²) in [6, 6.07) is 14.3. The standard InChI is InChI=1S/C20H22F2N2O3/c1-26-17-8-2-14(3-9-17)12-24(16-6-7-16)13-19(25)23-15-4-10-18(11-5-15)27-20(21)22/h2-5,8-11,16,20H,6-7,12-13H2,1H3,(H,23,25)/p+1. The van der Waals surface area contributed by atoms with Gasteiger partial charge in [0.15, 0.2) is 6.54 Å². The van der Waals surface area contributed by atoms with Crippen molar-refractivity contribution in [3.05, 3.63) is 54.1 Å². The maximum Gasteiger partial charge on any atom is 0.387 e. The Morgan fingerprint density at radius 1 is 1.11 bits per heavy atom. The summed E-state index contributed by atoms with van der Waals surface area (Å²) in [7, 11) is 1.63. The van der Waals surface area contributed by atoms with Gasteiger partial charge in [-0.05, 0) is 48.5 Å². The highest BCUT2D eigenvalue weighted by molar-refractivity contribution is 5.91. The molecule has 0 heterocycles. The van der Waals surface area contributed by atoms with Crippen molar-refractivity contribution in [2.45, 2.75) is 32.0 Å². The van der Waals surface area contributed by atoms with Crippen molar-refractivity contribution >= 4 is 11.6 Å². The average molecular weight is 377 g/mol. The Hall–Kier alpha value is -2.67. The van der Waals surface area contributed by atoms with Crippen molar-refractivity contribution in [1.29, 1.82) is 0 Å². The zero-order valence-electron chi connectivity index (χ0n) is 15.1.